The van der Waals surface area contributed by atoms with Crippen LogP contribution in [0.3, 0.4) is 0 Å². The molecule has 0 aliphatic carbocycles. The van der Waals surface area contributed by atoms with Crippen molar-refractivity contribution in [3.05, 3.63) is 0 Å². The van der Waals surface area contributed by atoms with Gasteiger partial charge in [0.05, 0.1) is 0 Å². The van der Waals surface area contributed by atoms with E-state index in [9.17, 15) is 0 Å². The van der Waals surface area contributed by atoms with Crippen molar-refractivity contribution in [2.24, 2.45) is 0 Å². The standard InChI is InChI=1S/C16H33N.BrH/c1-2-3-4-5-6-7-8-9-10-11-14-17-15-12-13-16-17;/h2-16H2,1H3;1H. The smallest absolute Gasteiger partial charge is 0.00183 e. The van der Waals surface area contributed by atoms with E-state index in [1.165, 1.54) is 96.7 Å². The molecule has 18 heavy (non-hydrogen) atoms. The molecule has 0 aromatic heterocycles. The average molecular weight is 320 g/mol. The fraction of sp³-hybridized carbons (Fsp3) is 1.00. The lowest BCUT2D eigenvalue weighted by Crippen LogP contribution is -2.20. The summed E-state index contributed by atoms with van der Waals surface area (Å²) in [6, 6.07) is 0. The minimum Gasteiger partial charge on any atom is -0.303 e. The van der Waals surface area contributed by atoms with Crippen molar-refractivity contribution in [1.82, 2.24) is 4.90 Å². The van der Waals surface area contributed by atoms with Crippen LogP contribution in [0.2, 0.25) is 0 Å². The van der Waals surface area contributed by atoms with Crippen LogP contribution in [-0.4, -0.2) is 24.5 Å². The predicted octanol–water partition coefficient (Wildman–Crippen LogP) is 5.58. The normalized spacial score (nSPS) is 15.8. The fourth-order valence-corrected chi connectivity index (χ4v) is 2.83. The van der Waals surface area contributed by atoms with Gasteiger partial charge in [-0.3, -0.25) is 0 Å². The molecule has 0 radical (unpaired) electrons. The van der Waals surface area contributed by atoms with Crippen LogP contribution >= 0.6 is 17.0 Å². The maximum atomic E-state index is 2.64. The van der Waals surface area contributed by atoms with Crippen molar-refractivity contribution in [2.75, 3.05) is 19.6 Å². The first kappa shape index (κ1) is 18.4. The molecule has 0 bridgehead atoms. The number of hydrogen-bond acceptors (Lipinski definition) is 1. The van der Waals surface area contributed by atoms with Crippen LogP contribution < -0.4 is 0 Å². The minimum absolute atomic E-state index is 0. The molecule has 1 fully saturated rings. The third-order valence-corrected chi connectivity index (χ3v) is 4.03. The Hall–Kier alpha value is 0.440. The molecule has 0 N–H and O–H groups in total. The van der Waals surface area contributed by atoms with Crippen LogP contribution in [0.1, 0.15) is 84.0 Å². The Balaban J connectivity index is 0.00000289. The zero-order chi connectivity index (χ0) is 12.2. The number of nitrogens with zero attached hydrogens (tertiary/aromatic N) is 1. The SMILES string of the molecule is Br.CCCCCCCCCCCCN1CCCC1. The van der Waals surface area contributed by atoms with E-state index < -0.39 is 0 Å². The third-order valence-electron chi connectivity index (χ3n) is 4.03. The van der Waals surface area contributed by atoms with E-state index in [2.05, 4.69) is 11.8 Å². The Morgan fingerprint density at radius 3 is 1.61 bits per heavy atom. The van der Waals surface area contributed by atoms with Crippen molar-refractivity contribution in [2.45, 2.75) is 84.0 Å². The molecule has 0 unspecified atom stereocenters. The van der Waals surface area contributed by atoms with Gasteiger partial charge in [0.15, 0.2) is 0 Å². The van der Waals surface area contributed by atoms with E-state index in [1.54, 1.807) is 0 Å². The molecule has 0 spiro atoms. The molecular weight excluding hydrogens is 286 g/mol. The summed E-state index contributed by atoms with van der Waals surface area (Å²) in [4.78, 5) is 2.64. The van der Waals surface area contributed by atoms with Crippen LogP contribution in [0, 0.1) is 0 Å². The molecule has 1 heterocycles. The Morgan fingerprint density at radius 1 is 0.667 bits per heavy atom. The van der Waals surface area contributed by atoms with Crippen molar-refractivity contribution >= 4 is 17.0 Å². The van der Waals surface area contributed by atoms with Gasteiger partial charge in [0.1, 0.15) is 0 Å². The lowest BCUT2D eigenvalue weighted by atomic mass is 10.1. The van der Waals surface area contributed by atoms with Gasteiger partial charge >= 0.3 is 0 Å². The first-order valence-electron chi connectivity index (χ1n) is 8.16. The topological polar surface area (TPSA) is 3.24 Å². The Kier molecular flexibility index (Phi) is 14.2. The molecule has 1 aliphatic heterocycles. The second-order valence-corrected chi connectivity index (χ2v) is 5.73. The number of halogens is 1. The Labute approximate surface area is 125 Å². The van der Waals surface area contributed by atoms with E-state index in [0.717, 1.165) is 0 Å². The van der Waals surface area contributed by atoms with Gasteiger partial charge in [-0.1, -0.05) is 64.7 Å². The Bertz CT molecular complexity index is 155. The summed E-state index contributed by atoms with van der Waals surface area (Å²) in [5, 5.41) is 0. The van der Waals surface area contributed by atoms with Crippen molar-refractivity contribution in [3.8, 4) is 0 Å². The molecule has 0 aromatic carbocycles. The highest BCUT2D eigenvalue weighted by Gasteiger charge is 2.09. The largest absolute Gasteiger partial charge is 0.303 e. The van der Waals surface area contributed by atoms with E-state index in [0.29, 0.717) is 0 Å². The van der Waals surface area contributed by atoms with E-state index in [4.69, 9.17) is 0 Å². The monoisotopic (exact) mass is 319 g/mol. The van der Waals surface area contributed by atoms with Crippen LogP contribution in [0.25, 0.3) is 0 Å². The molecule has 1 nitrogen and oxygen atoms in total. The first-order chi connectivity index (χ1) is 8.43. The van der Waals surface area contributed by atoms with Gasteiger partial charge in [-0.2, -0.15) is 0 Å². The molecule has 0 amide bonds. The summed E-state index contributed by atoms with van der Waals surface area (Å²) < 4.78 is 0. The van der Waals surface area contributed by atoms with Gasteiger partial charge in [-0.15, -0.1) is 17.0 Å². The second kappa shape index (κ2) is 13.9. The van der Waals surface area contributed by atoms with Gasteiger partial charge < -0.3 is 4.90 Å². The van der Waals surface area contributed by atoms with Crippen LogP contribution in [0.4, 0.5) is 0 Å². The first-order valence-corrected chi connectivity index (χ1v) is 8.16. The van der Waals surface area contributed by atoms with Gasteiger partial charge in [-0.05, 0) is 38.9 Å². The zero-order valence-corrected chi connectivity index (χ0v) is 14.2. The van der Waals surface area contributed by atoms with Crippen molar-refractivity contribution < 1.29 is 0 Å². The average Bonchev–Trinajstić information content (AvgIpc) is 2.85. The molecule has 0 saturated carbocycles. The summed E-state index contributed by atoms with van der Waals surface area (Å²) in [5.74, 6) is 0. The molecule has 0 atom stereocenters. The molecule has 1 aliphatic rings. The molecule has 110 valence electrons. The highest BCUT2D eigenvalue weighted by molar-refractivity contribution is 8.93. The highest BCUT2D eigenvalue weighted by Crippen LogP contribution is 2.12. The third kappa shape index (κ3) is 10.4. The second-order valence-electron chi connectivity index (χ2n) is 5.73. The van der Waals surface area contributed by atoms with E-state index in [1.807, 2.05) is 0 Å². The number of hydrogen-bond donors (Lipinski definition) is 0. The lowest BCUT2D eigenvalue weighted by Gasteiger charge is -2.13. The summed E-state index contributed by atoms with van der Waals surface area (Å²) in [7, 11) is 0. The van der Waals surface area contributed by atoms with Crippen LogP contribution in [0.5, 0.6) is 0 Å². The summed E-state index contributed by atoms with van der Waals surface area (Å²) in [6.45, 7) is 6.41. The highest BCUT2D eigenvalue weighted by atomic mass is 79.9. The molecule has 1 rings (SSSR count). The maximum Gasteiger partial charge on any atom is -0.00183 e. The van der Waals surface area contributed by atoms with Gasteiger partial charge in [-0.25, -0.2) is 0 Å². The Morgan fingerprint density at radius 2 is 1.11 bits per heavy atom. The summed E-state index contributed by atoms with van der Waals surface area (Å²) in [6.07, 6.45) is 17.4. The molecular formula is C16H34BrN. The summed E-state index contributed by atoms with van der Waals surface area (Å²) in [5.41, 5.74) is 0. The fourth-order valence-electron chi connectivity index (χ4n) is 2.83. The quantitative estimate of drug-likeness (QED) is 0.449. The maximum absolute atomic E-state index is 2.64. The summed E-state index contributed by atoms with van der Waals surface area (Å²) >= 11 is 0. The van der Waals surface area contributed by atoms with Crippen LogP contribution in [0.15, 0.2) is 0 Å². The zero-order valence-electron chi connectivity index (χ0n) is 12.5. The number of rotatable bonds is 11. The van der Waals surface area contributed by atoms with Crippen molar-refractivity contribution in [1.29, 1.82) is 0 Å². The molecule has 0 aromatic rings. The minimum atomic E-state index is 0. The number of unbranched alkanes of at least 4 members (excludes halogenated alkanes) is 9. The van der Waals surface area contributed by atoms with Crippen LogP contribution in [-0.2, 0) is 0 Å². The van der Waals surface area contributed by atoms with Gasteiger partial charge in [0.2, 0.25) is 0 Å². The molecule has 1 saturated heterocycles. The predicted molar refractivity (Wildman–Crippen MR) is 87.8 cm³/mol. The lowest BCUT2D eigenvalue weighted by molar-refractivity contribution is 0.327. The van der Waals surface area contributed by atoms with Crippen molar-refractivity contribution in [3.63, 3.8) is 0 Å². The van der Waals surface area contributed by atoms with E-state index in [-0.39, 0.29) is 17.0 Å². The van der Waals surface area contributed by atoms with Gasteiger partial charge in [0, 0.05) is 0 Å². The number of likely N-dealkylation sites (tertiary alicyclic amines) is 1. The van der Waals surface area contributed by atoms with Gasteiger partial charge in [0.25, 0.3) is 0 Å². The van der Waals surface area contributed by atoms with E-state index >= 15 is 0 Å². The molecule has 2 heteroatoms.